The first-order chi connectivity index (χ1) is 15.1. The van der Waals surface area contributed by atoms with Crippen molar-refractivity contribution in [3.63, 3.8) is 0 Å². The van der Waals surface area contributed by atoms with Crippen molar-refractivity contribution in [2.24, 2.45) is 5.92 Å². The van der Waals surface area contributed by atoms with Crippen LogP contribution in [-0.4, -0.2) is 30.7 Å². The molecule has 0 spiro atoms. The van der Waals surface area contributed by atoms with Gasteiger partial charge in [-0.2, -0.15) is 11.8 Å². The zero-order valence-corrected chi connectivity index (χ0v) is 20.0. The van der Waals surface area contributed by atoms with Gasteiger partial charge in [0.25, 0.3) is 0 Å². The highest BCUT2D eigenvalue weighted by molar-refractivity contribution is 7.99. The van der Waals surface area contributed by atoms with Gasteiger partial charge in [0.2, 0.25) is 0 Å². The van der Waals surface area contributed by atoms with E-state index in [9.17, 15) is 4.79 Å². The predicted octanol–water partition coefficient (Wildman–Crippen LogP) is 7.06. The molecule has 0 aliphatic heterocycles. The van der Waals surface area contributed by atoms with Gasteiger partial charge in [-0.1, -0.05) is 69.4 Å². The maximum absolute atomic E-state index is 12.4. The number of carbonyl (C=O) groups is 1. The summed E-state index contributed by atoms with van der Waals surface area (Å²) in [6.07, 6.45) is 8.28. The van der Waals surface area contributed by atoms with Gasteiger partial charge >= 0.3 is 5.97 Å². The molecule has 0 bridgehead atoms. The predicted molar refractivity (Wildman–Crippen MR) is 131 cm³/mol. The number of carbonyl (C=O) groups excluding carboxylic acids is 1. The van der Waals surface area contributed by atoms with Crippen molar-refractivity contribution in [1.82, 2.24) is 0 Å². The van der Waals surface area contributed by atoms with Crippen LogP contribution in [0, 0.1) is 12.8 Å². The van der Waals surface area contributed by atoms with Crippen molar-refractivity contribution >= 4 is 17.7 Å². The lowest BCUT2D eigenvalue weighted by Crippen LogP contribution is -2.22. The van der Waals surface area contributed by atoms with Crippen LogP contribution in [0.15, 0.2) is 42.5 Å². The van der Waals surface area contributed by atoms with Crippen molar-refractivity contribution < 1.29 is 14.3 Å². The Kier molecular flexibility index (Phi) is 9.48. The van der Waals surface area contributed by atoms with E-state index in [2.05, 4.69) is 32.0 Å². The maximum atomic E-state index is 12.4. The van der Waals surface area contributed by atoms with Crippen molar-refractivity contribution in [3.05, 3.63) is 59.2 Å². The Morgan fingerprint density at radius 3 is 2.58 bits per heavy atom. The summed E-state index contributed by atoms with van der Waals surface area (Å²) in [5.41, 5.74) is 4.81. The first kappa shape index (κ1) is 23.9. The first-order valence-corrected chi connectivity index (χ1v) is 12.7. The van der Waals surface area contributed by atoms with Crippen LogP contribution < -0.4 is 0 Å². The average molecular weight is 441 g/mol. The number of benzene rings is 2. The summed E-state index contributed by atoms with van der Waals surface area (Å²) in [5.74, 6) is 2.67. The van der Waals surface area contributed by atoms with E-state index >= 15 is 0 Å². The molecule has 1 saturated carbocycles. The summed E-state index contributed by atoms with van der Waals surface area (Å²) in [4.78, 5) is 12.4. The van der Waals surface area contributed by atoms with E-state index in [-0.39, 0.29) is 12.1 Å². The summed E-state index contributed by atoms with van der Waals surface area (Å²) in [6.45, 7) is 4.85. The normalized spacial score (nSPS) is 15.6. The van der Waals surface area contributed by atoms with Crippen molar-refractivity contribution in [2.45, 2.75) is 65.1 Å². The molecular formula is C27H36O3S. The van der Waals surface area contributed by atoms with E-state index in [1.54, 1.807) is 0 Å². The Balaban J connectivity index is 1.77. The first-order valence-electron chi connectivity index (χ1n) is 11.6. The van der Waals surface area contributed by atoms with Gasteiger partial charge in [-0.3, -0.25) is 0 Å². The molecule has 0 radical (unpaired) electrons. The van der Waals surface area contributed by atoms with Crippen molar-refractivity contribution in [2.75, 3.05) is 18.6 Å². The maximum Gasteiger partial charge on any atom is 0.338 e. The highest BCUT2D eigenvalue weighted by atomic mass is 32.2. The van der Waals surface area contributed by atoms with Crippen molar-refractivity contribution in [1.29, 1.82) is 0 Å². The van der Waals surface area contributed by atoms with E-state index in [0.29, 0.717) is 12.2 Å². The highest BCUT2D eigenvalue weighted by Crippen LogP contribution is 2.31. The Morgan fingerprint density at radius 2 is 1.87 bits per heavy atom. The zero-order chi connectivity index (χ0) is 22.1. The fourth-order valence-electron chi connectivity index (χ4n) is 4.51. The topological polar surface area (TPSA) is 35.5 Å². The third-order valence-electron chi connectivity index (χ3n) is 6.24. The molecular weight excluding hydrogens is 404 g/mol. The Morgan fingerprint density at radius 1 is 1.10 bits per heavy atom. The minimum Gasteiger partial charge on any atom is -0.465 e. The molecule has 0 aromatic heterocycles. The molecule has 2 aromatic carbocycles. The second-order valence-corrected chi connectivity index (χ2v) is 9.84. The van der Waals surface area contributed by atoms with Crippen LogP contribution >= 0.6 is 11.8 Å². The second-order valence-electron chi connectivity index (χ2n) is 8.52. The molecule has 1 aliphatic carbocycles. The van der Waals surface area contributed by atoms with Crippen LogP contribution in [0.3, 0.4) is 0 Å². The Bertz CT molecular complexity index is 842. The van der Waals surface area contributed by atoms with Crippen LogP contribution in [0.25, 0.3) is 11.1 Å². The molecule has 0 amide bonds. The summed E-state index contributed by atoms with van der Waals surface area (Å²) < 4.78 is 11.5. The standard InChI is InChI=1S/C27H36O3S/c1-4-31-19-23(16-21-11-6-5-7-12-21)30-18-22-14-15-25(27(28)29-3)26(17-22)24-13-9-8-10-20(24)2/h8-10,13-15,17,21,23H,4-7,11-12,16,18-19H2,1-3H3/t23-/m0/s1. The summed E-state index contributed by atoms with van der Waals surface area (Å²) >= 11 is 1.97. The molecule has 2 aromatic rings. The quantitative estimate of drug-likeness (QED) is 0.371. The van der Waals surface area contributed by atoms with Gasteiger partial charge in [-0.25, -0.2) is 4.79 Å². The number of hydrogen-bond acceptors (Lipinski definition) is 4. The molecule has 1 atom stereocenters. The third kappa shape index (κ3) is 6.85. The monoisotopic (exact) mass is 440 g/mol. The number of methoxy groups -OCH3 is 1. The largest absolute Gasteiger partial charge is 0.465 e. The molecule has 31 heavy (non-hydrogen) atoms. The van der Waals surface area contributed by atoms with E-state index in [4.69, 9.17) is 9.47 Å². The molecule has 4 heteroatoms. The molecule has 1 aliphatic rings. The summed E-state index contributed by atoms with van der Waals surface area (Å²) in [7, 11) is 1.43. The SMILES string of the molecule is CCSC[C@H](CC1CCCCC1)OCc1ccc(C(=O)OC)c(-c2ccccc2C)c1. The number of ether oxygens (including phenoxy) is 2. The van der Waals surface area contributed by atoms with E-state index in [1.165, 1.54) is 39.2 Å². The summed E-state index contributed by atoms with van der Waals surface area (Å²) in [6, 6.07) is 14.1. The number of aryl methyl sites for hydroxylation is 1. The lowest BCUT2D eigenvalue weighted by Gasteiger charge is -2.26. The number of thioether (sulfide) groups is 1. The van der Waals surface area contributed by atoms with Crippen LogP contribution in [-0.2, 0) is 16.1 Å². The lowest BCUT2D eigenvalue weighted by atomic mass is 9.85. The van der Waals surface area contributed by atoms with Crippen molar-refractivity contribution in [3.8, 4) is 11.1 Å². The minimum absolute atomic E-state index is 0.287. The molecule has 168 valence electrons. The zero-order valence-electron chi connectivity index (χ0n) is 19.2. The van der Waals surface area contributed by atoms with Gasteiger partial charge in [0, 0.05) is 5.75 Å². The molecule has 0 unspecified atom stereocenters. The molecule has 0 saturated heterocycles. The molecule has 3 nitrogen and oxygen atoms in total. The average Bonchev–Trinajstić information content (AvgIpc) is 2.81. The van der Waals surface area contributed by atoms with Crippen LogP contribution in [0.4, 0.5) is 0 Å². The van der Waals surface area contributed by atoms with Gasteiger partial charge in [0.1, 0.15) is 0 Å². The highest BCUT2D eigenvalue weighted by Gasteiger charge is 2.20. The fourth-order valence-corrected chi connectivity index (χ4v) is 5.24. The van der Waals surface area contributed by atoms with Gasteiger partial charge in [0.05, 0.1) is 25.4 Å². The molecule has 0 heterocycles. The number of hydrogen-bond donors (Lipinski definition) is 0. The second kappa shape index (κ2) is 12.3. The van der Waals surface area contributed by atoms with Crippen LogP contribution in [0.1, 0.15) is 66.9 Å². The lowest BCUT2D eigenvalue weighted by molar-refractivity contribution is 0.0355. The smallest absolute Gasteiger partial charge is 0.338 e. The van der Waals surface area contributed by atoms with Crippen LogP contribution in [0.5, 0.6) is 0 Å². The Labute approximate surface area is 191 Å². The van der Waals surface area contributed by atoms with Crippen LogP contribution in [0.2, 0.25) is 0 Å². The fraction of sp³-hybridized carbons (Fsp3) is 0.519. The number of rotatable bonds is 10. The van der Waals surface area contributed by atoms with Gasteiger partial charge in [-0.15, -0.1) is 0 Å². The van der Waals surface area contributed by atoms with Gasteiger partial charge in [0.15, 0.2) is 0 Å². The molecule has 1 fully saturated rings. The van der Waals surface area contributed by atoms with E-state index in [0.717, 1.165) is 46.1 Å². The number of esters is 1. The van der Waals surface area contributed by atoms with E-state index in [1.807, 2.05) is 36.0 Å². The molecule has 3 rings (SSSR count). The Hall–Kier alpha value is -1.78. The molecule has 0 N–H and O–H groups in total. The van der Waals surface area contributed by atoms with E-state index < -0.39 is 0 Å². The minimum atomic E-state index is -0.305. The summed E-state index contributed by atoms with van der Waals surface area (Å²) in [5, 5.41) is 0. The van der Waals surface area contributed by atoms with Gasteiger partial charge < -0.3 is 9.47 Å². The third-order valence-corrected chi connectivity index (χ3v) is 7.25. The van der Waals surface area contributed by atoms with Gasteiger partial charge in [-0.05, 0) is 59.4 Å².